The van der Waals surface area contributed by atoms with Crippen molar-refractivity contribution in [3.8, 4) is 0 Å². The van der Waals surface area contributed by atoms with Crippen LogP contribution in [0, 0.1) is 0 Å². The van der Waals surface area contributed by atoms with Gasteiger partial charge in [0, 0.05) is 0 Å². The molecule has 0 atom stereocenters. The van der Waals surface area contributed by atoms with E-state index in [1.807, 2.05) is 4.72 Å². The largest absolute Gasteiger partial charge is 0.417 e. The fraction of sp³-hybridized carbons (Fsp3) is 0.0833. The second kappa shape index (κ2) is 5.24. The van der Waals surface area contributed by atoms with Crippen molar-refractivity contribution in [2.75, 3.05) is 10.5 Å². The van der Waals surface area contributed by atoms with Crippen molar-refractivity contribution in [2.24, 2.45) is 0 Å². The molecule has 0 unspecified atom stereocenters. The number of nitrogens with zero attached hydrogens (tertiary/aromatic N) is 1. The Morgan fingerprint density at radius 2 is 1.76 bits per heavy atom. The Hall–Kier alpha value is -2.29. The van der Waals surface area contributed by atoms with Gasteiger partial charge < -0.3 is 5.73 Å². The van der Waals surface area contributed by atoms with Crippen molar-refractivity contribution in [2.45, 2.75) is 11.1 Å². The van der Waals surface area contributed by atoms with Crippen LogP contribution in [0.25, 0.3) is 0 Å². The summed E-state index contributed by atoms with van der Waals surface area (Å²) in [6.45, 7) is 0. The summed E-state index contributed by atoms with van der Waals surface area (Å²) in [5.41, 5.74) is 4.45. The highest BCUT2D eigenvalue weighted by molar-refractivity contribution is 7.92. The molecule has 0 aliphatic rings. The zero-order valence-corrected chi connectivity index (χ0v) is 11.2. The van der Waals surface area contributed by atoms with E-state index in [1.54, 1.807) is 0 Å². The van der Waals surface area contributed by atoms with E-state index >= 15 is 0 Å². The van der Waals surface area contributed by atoms with Crippen LogP contribution in [-0.4, -0.2) is 13.4 Å². The third-order valence-electron chi connectivity index (χ3n) is 2.51. The Morgan fingerprint density at radius 1 is 1.10 bits per heavy atom. The van der Waals surface area contributed by atoms with Gasteiger partial charge in [0.05, 0.1) is 22.3 Å². The normalized spacial score (nSPS) is 12.1. The number of sulfonamides is 1. The average Bonchev–Trinajstić information content (AvgIpc) is 2.40. The summed E-state index contributed by atoms with van der Waals surface area (Å²) in [7, 11) is -4.41. The minimum Gasteiger partial charge on any atom is -0.397 e. The van der Waals surface area contributed by atoms with Crippen LogP contribution in [-0.2, 0) is 16.2 Å². The molecule has 0 aliphatic heterocycles. The van der Waals surface area contributed by atoms with Crippen LogP contribution in [0.3, 0.4) is 0 Å². The molecule has 9 heteroatoms. The van der Waals surface area contributed by atoms with E-state index in [9.17, 15) is 21.6 Å². The molecular formula is C12H10F3N3O2S. The van der Waals surface area contributed by atoms with Gasteiger partial charge in [-0.25, -0.2) is 13.4 Å². The maximum Gasteiger partial charge on any atom is 0.417 e. The first-order valence-electron chi connectivity index (χ1n) is 5.61. The summed E-state index contributed by atoms with van der Waals surface area (Å²) in [4.78, 5) is 2.82. The number of nitrogens with two attached hydrogens (primary N) is 1. The number of anilines is 2. The van der Waals surface area contributed by atoms with Crippen LogP contribution in [0.15, 0.2) is 47.5 Å². The number of benzene rings is 1. The highest BCUT2D eigenvalue weighted by Crippen LogP contribution is 2.34. The van der Waals surface area contributed by atoms with Crippen molar-refractivity contribution >= 4 is 21.5 Å². The van der Waals surface area contributed by atoms with Gasteiger partial charge in [0.1, 0.15) is 5.82 Å². The Balaban J connectivity index is 2.43. The second-order valence-corrected chi connectivity index (χ2v) is 5.73. The van der Waals surface area contributed by atoms with Crippen LogP contribution < -0.4 is 10.5 Å². The topological polar surface area (TPSA) is 85.1 Å². The van der Waals surface area contributed by atoms with E-state index in [1.165, 1.54) is 24.4 Å². The van der Waals surface area contributed by atoms with Crippen molar-refractivity contribution in [1.29, 1.82) is 0 Å². The van der Waals surface area contributed by atoms with Gasteiger partial charge in [-0.3, -0.25) is 4.72 Å². The minimum absolute atomic E-state index is 0.124. The van der Waals surface area contributed by atoms with Gasteiger partial charge in [0.25, 0.3) is 10.0 Å². The zero-order chi connectivity index (χ0) is 15.7. The number of aromatic nitrogens is 1. The SMILES string of the molecule is Nc1ccc(NS(=O)(=O)c2ccccc2C(F)(F)F)nc1. The Labute approximate surface area is 118 Å². The van der Waals surface area contributed by atoms with Crippen molar-refractivity contribution in [3.05, 3.63) is 48.2 Å². The lowest BCUT2D eigenvalue weighted by Crippen LogP contribution is -2.19. The van der Waals surface area contributed by atoms with Crippen molar-refractivity contribution < 1.29 is 21.6 Å². The number of hydrogen-bond donors (Lipinski definition) is 2. The van der Waals surface area contributed by atoms with Gasteiger partial charge in [-0.1, -0.05) is 12.1 Å². The number of alkyl halides is 3. The fourth-order valence-electron chi connectivity index (χ4n) is 1.59. The Bertz CT molecular complexity index is 743. The van der Waals surface area contributed by atoms with E-state index in [2.05, 4.69) is 4.98 Å². The van der Waals surface area contributed by atoms with Crippen molar-refractivity contribution in [1.82, 2.24) is 4.98 Å². The van der Waals surface area contributed by atoms with E-state index in [0.717, 1.165) is 12.1 Å². The molecule has 0 bridgehead atoms. The van der Waals surface area contributed by atoms with E-state index in [4.69, 9.17) is 5.73 Å². The van der Waals surface area contributed by atoms with Gasteiger partial charge in [0.2, 0.25) is 0 Å². The third-order valence-corrected chi connectivity index (χ3v) is 3.92. The first-order valence-corrected chi connectivity index (χ1v) is 7.09. The predicted octanol–water partition coefficient (Wildman–Crippen LogP) is 2.48. The number of nitrogens with one attached hydrogen (secondary N) is 1. The number of rotatable bonds is 3. The summed E-state index contributed by atoms with van der Waals surface area (Å²) >= 11 is 0. The standard InChI is InChI=1S/C12H10F3N3O2S/c13-12(14,15)9-3-1-2-4-10(9)21(19,20)18-11-6-5-8(16)7-17-11/h1-7H,16H2,(H,17,18). The third kappa shape index (κ3) is 3.43. The molecule has 112 valence electrons. The quantitative estimate of drug-likeness (QED) is 0.911. The fourth-order valence-corrected chi connectivity index (χ4v) is 2.83. The number of hydrogen-bond acceptors (Lipinski definition) is 4. The number of halogens is 3. The first kappa shape index (κ1) is 15.1. The maximum absolute atomic E-state index is 12.8. The summed E-state index contributed by atoms with van der Waals surface area (Å²) in [6.07, 6.45) is -3.59. The molecule has 0 radical (unpaired) electrons. The molecule has 2 aromatic rings. The van der Waals surface area contributed by atoms with Crippen LogP contribution in [0.5, 0.6) is 0 Å². The van der Waals surface area contributed by atoms with Crippen LogP contribution in [0.1, 0.15) is 5.56 Å². The van der Waals surface area contributed by atoms with Gasteiger partial charge in [-0.15, -0.1) is 0 Å². The predicted molar refractivity (Wildman–Crippen MR) is 70.9 cm³/mol. The molecule has 21 heavy (non-hydrogen) atoms. The molecule has 5 nitrogen and oxygen atoms in total. The monoisotopic (exact) mass is 317 g/mol. The molecule has 1 aromatic heterocycles. The smallest absolute Gasteiger partial charge is 0.397 e. The Kier molecular flexibility index (Phi) is 3.77. The lowest BCUT2D eigenvalue weighted by molar-refractivity contribution is -0.139. The van der Waals surface area contributed by atoms with E-state index < -0.39 is 26.7 Å². The molecule has 0 saturated carbocycles. The summed E-state index contributed by atoms with van der Waals surface area (Å²) in [5, 5.41) is 0. The highest BCUT2D eigenvalue weighted by Gasteiger charge is 2.36. The summed E-state index contributed by atoms with van der Waals surface area (Å²) < 4.78 is 64.7. The van der Waals surface area contributed by atoms with Gasteiger partial charge >= 0.3 is 6.18 Å². The van der Waals surface area contributed by atoms with E-state index in [0.29, 0.717) is 11.8 Å². The highest BCUT2D eigenvalue weighted by atomic mass is 32.2. The molecule has 0 spiro atoms. The van der Waals surface area contributed by atoms with Crippen LogP contribution in [0.4, 0.5) is 24.7 Å². The van der Waals surface area contributed by atoms with Crippen LogP contribution >= 0.6 is 0 Å². The molecule has 3 N–H and O–H groups in total. The molecule has 0 amide bonds. The number of nitrogen functional groups attached to an aromatic ring is 1. The van der Waals surface area contributed by atoms with Gasteiger partial charge in [-0.05, 0) is 24.3 Å². The number of pyridine rings is 1. The Morgan fingerprint density at radius 3 is 2.33 bits per heavy atom. The first-order chi connectivity index (χ1) is 9.70. The molecule has 1 heterocycles. The molecular weight excluding hydrogens is 307 g/mol. The van der Waals surface area contributed by atoms with Crippen LogP contribution in [0.2, 0.25) is 0 Å². The van der Waals surface area contributed by atoms with Crippen molar-refractivity contribution in [3.63, 3.8) is 0 Å². The molecule has 0 saturated heterocycles. The molecule has 1 aromatic carbocycles. The summed E-state index contributed by atoms with van der Waals surface area (Å²) in [6, 6.07) is 6.53. The molecule has 0 aliphatic carbocycles. The maximum atomic E-state index is 12.8. The summed E-state index contributed by atoms with van der Waals surface area (Å²) in [5.74, 6) is -0.124. The molecule has 0 fully saturated rings. The lowest BCUT2D eigenvalue weighted by Gasteiger charge is -2.13. The molecule has 2 rings (SSSR count). The van der Waals surface area contributed by atoms with Gasteiger partial charge in [-0.2, -0.15) is 13.2 Å². The lowest BCUT2D eigenvalue weighted by atomic mass is 10.2. The van der Waals surface area contributed by atoms with Gasteiger partial charge in [0.15, 0.2) is 0 Å². The minimum atomic E-state index is -4.78. The second-order valence-electron chi connectivity index (χ2n) is 4.08. The zero-order valence-electron chi connectivity index (χ0n) is 10.4. The van der Waals surface area contributed by atoms with E-state index in [-0.39, 0.29) is 5.82 Å². The average molecular weight is 317 g/mol.